The summed E-state index contributed by atoms with van der Waals surface area (Å²) in [5.41, 5.74) is 1.63. The number of benzene rings is 3. The fourth-order valence-electron chi connectivity index (χ4n) is 4.57. The second-order valence-electron chi connectivity index (χ2n) is 10.3. The van der Waals surface area contributed by atoms with Gasteiger partial charge in [-0.2, -0.15) is 0 Å². The molecule has 2 heterocycles. The fraction of sp³-hybridized carbons (Fsp3) is 0.226. The summed E-state index contributed by atoms with van der Waals surface area (Å²) in [7, 11) is -3.34. The Kier molecular flexibility index (Phi) is 8.22. The molecular formula is C31H31FN3O5P. The van der Waals surface area contributed by atoms with Crippen molar-refractivity contribution in [1.29, 1.82) is 0 Å². The van der Waals surface area contributed by atoms with Gasteiger partial charge >= 0.3 is 7.60 Å². The van der Waals surface area contributed by atoms with Crippen molar-refractivity contribution >= 4 is 18.6 Å². The molecule has 0 spiro atoms. The first-order valence-corrected chi connectivity index (χ1v) is 15.1. The number of aromatic nitrogens is 3. The molecule has 5 rings (SSSR count). The molecular weight excluding hydrogens is 544 g/mol. The van der Waals surface area contributed by atoms with E-state index < -0.39 is 19.0 Å². The van der Waals surface area contributed by atoms with E-state index in [9.17, 15) is 9.36 Å². The van der Waals surface area contributed by atoms with Crippen LogP contribution in [0.2, 0.25) is 0 Å². The third kappa shape index (κ3) is 6.82. The lowest BCUT2D eigenvalue weighted by Gasteiger charge is -2.28. The van der Waals surface area contributed by atoms with E-state index in [1.165, 1.54) is 19.1 Å². The Morgan fingerprint density at radius 3 is 2.41 bits per heavy atom. The van der Waals surface area contributed by atoms with E-state index >= 15 is 4.39 Å². The van der Waals surface area contributed by atoms with Crippen LogP contribution in [0.3, 0.4) is 0 Å². The topological polar surface area (TPSA) is 95.4 Å². The van der Waals surface area contributed by atoms with Crippen molar-refractivity contribution in [2.24, 2.45) is 0 Å². The molecule has 1 N–H and O–H groups in total. The number of halogens is 1. The van der Waals surface area contributed by atoms with Crippen LogP contribution in [-0.2, 0) is 20.2 Å². The van der Waals surface area contributed by atoms with Crippen molar-refractivity contribution in [1.82, 2.24) is 14.5 Å². The van der Waals surface area contributed by atoms with Crippen molar-refractivity contribution in [2.45, 2.75) is 32.5 Å². The van der Waals surface area contributed by atoms with Crippen LogP contribution >= 0.6 is 7.60 Å². The Bertz CT molecular complexity index is 1750. The number of para-hydroxylation sites is 1. The van der Waals surface area contributed by atoms with Crippen molar-refractivity contribution < 1.29 is 22.7 Å². The monoisotopic (exact) mass is 575 g/mol. The predicted octanol–water partition coefficient (Wildman–Crippen LogP) is 7.12. The molecule has 0 radical (unpaired) electrons. The highest BCUT2D eigenvalue weighted by molar-refractivity contribution is 7.53. The maximum absolute atomic E-state index is 15.4. The van der Waals surface area contributed by atoms with Crippen LogP contribution in [0.25, 0.3) is 27.8 Å². The van der Waals surface area contributed by atoms with Gasteiger partial charge in [-0.25, -0.2) is 9.37 Å². The molecule has 41 heavy (non-hydrogen) atoms. The third-order valence-corrected chi connectivity index (χ3v) is 7.97. The van der Waals surface area contributed by atoms with Gasteiger partial charge in [-0.3, -0.25) is 9.36 Å². The minimum absolute atomic E-state index is 0.179. The highest BCUT2D eigenvalue weighted by atomic mass is 31.2. The zero-order valence-corrected chi connectivity index (χ0v) is 23.9. The second kappa shape index (κ2) is 11.8. The maximum Gasteiger partial charge on any atom is 0.328 e. The molecule has 0 amide bonds. The minimum Gasteiger partial charge on any atom is -0.493 e. The summed E-state index contributed by atoms with van der Waals surface area (Å²) < 4.78 is 47.3. The number of H-pyrrole nitrogens is 1. The van der Waals surface area contributed by atoms with Crippen LogP contribution in [-0.4, -0.2) is 33.4 Å². The average molecular weight is 576 g/mol. The number of ether oxygens (including phenoxy) is 1. The second-order valence-corrected chi connectivity index (χ2v) is 12.3. The minimum atomic E-state index is -3.34. The number of hydrogen-bond donors (Lipinski definition) is 1. The molecule has 5 aromatic rings. The quantitative estimate of drug-likeness (QED) is 0.169. The summed E-state index contributed by atoms with van der Waals surface area (Å²) in [5.74, 6) is -0.221. The largest absolute Gasteiger partial charge is 0.493 e. The van der Waals surface area contributed by atoms with Gasteiger partial charge in [0.1, 0.15) is 11.6 Å². The SMILES string of the molecule is CC(C)(CCOc1ccc(-c2cn(-c3ccccc3)c3nc[nH]c(=O)c23)c(F)c1)OP(C)(=O)OCc1ccccc1. The molecule has 0 bridgehead atoms. The van der Waals surface area contributed by atoms with E-state index in [-0.39, 0.29) is 24.3 Å². The first-order chi connectivity index (χ1) is 19.6. The zero-order valence-electron chi connectivity index (χ0n) is 23.0. The summed E-state index contributed by atoms with van der Waals surface area (Å²) in [6.45, 7) is 5.43. The molecule has 1 atom stereocenters. The van der Waals surface area contributed by atoms with Gasteiger partial charge in [0.25, 0.3) is 5.56 Å². The smallest absolute Gasteiger partial charge is 0.328 e. The molecule has 0 fully saturated rings. The van der Waals surface area contributed by atoms with E-state index in [2.05, 4.69) is 9.97 Å². The molecule has 1 unspecified atom stereocenters. The summed E-state index contributed by atoms with van der Waals surface area (Å²) >= 11 is 0. The molecule has 0 aliphatic carbocycles. The van der Waals surface area contributed by atoms with Gasteiger partial charge in [-0.15, -0.1) is 0 Å². The fourth-order valence-corrected chi connectivity index (χ4v) is 5.99. The Morgan fingerprint density at radius 2 is 1.71 bits per heavy atom. The lowest BCUT2D eigenvalue weighted by molar-refractivity contribution is 0.0578. The van der Waals surface area contributed by atoms with Crippen LogP contribution in [0.4, 0.5) is 4.39 Å². The highest BCUT2D eigenvalue weighted by Gasteiger charge is 2.29. The third-order valence-electron chi connectivity index (χ3n) is 6.55. The van der Waals surface area contributed by atoms with E-state index in [1.807, 2.05) is 60.7 Å². The van der Waals surface area contributed by atoms with Crippen LogP contribution in [0.1, 0.15) is 25.8 Å². The van der Waals surface area contributed by atoms with E-state index in [1.54, 1.807) is 36.7 Å². The lowest BCUT2D eigenvalue weighted by atomic mass is 10.1. The molecule has 0 saturated carbocycles. The van der Waals surface area contributed by atoms with Crippen molar-refractivity contribution in [3.63, 3.8) is 0 Å². The molecule has 0 saturated heterocycles. The summed E-state index contributed by atoms with van der Waals surface area (Å²) in [5, 5.41) is 0.293. The van der Waals surface area contributed by atoms with Gasteiger partial charge in [-0.1, -0.05) is 48.5 Å². The summed E-state index contributed by atoms with van der Waals surface area (Å²) in [6, 6.07) is 23.4. The number of rotatable bonds is 11. The van der Waals surface area contributed by atoms with Gasteiger partial charge in [0.05, 0.1) is 30.5 Å². The van der Waals surface area contributed by atoms with Gasteiger partial charge in [0.2, 0.25) is 0 Å². The maximum atomic E-state index is 15.4. The molecule has 0 aliphatic heterocycles. The molecule has 3 aromatic carbocycles. The number of nitrogens with zero attached hydrogens (tertiary/aromatic N) is 2. The number of fused-ring (bicyclic) bond motifs is 1. The normalized spacial score (nSPS) is 13.3. The van der Waals surface area contributed by atoms with Crippen molar-refractivity contribution in [3.05, 3.63) is 113 Å². The van der Waals surface area contributed by atoms with Crippen LogP contribution < -0.4 is 10.3 Å². The zero-order chi connectivity index (χ0) is 29.0. The standard InChI is InChI=1S/C31H31FN3O5P/c1-31(2,40-41(3,37)39-20-22-10-6-4-7-11-22)16-17-38-24-14-15-25(27(32)18-24)26-19-35(23-12-8-5-9-13-23)29-28(26)30(36)34-21-33-29/h4-15,18-19,21H,16-17,20H2,1-3H3,(H,33,34,36). The molecule has 212 valence electrons. The van der Waals surface area contributed by atoms with Crippen molar-refractivity contribution in [3.8, 4) is 22.6 Å². The number of hydrogen-bond acceptors (Lipinski definition) is 6. The van der Waals surface area contributed by atoms with Crippen LogP contribution in [0, 0.1) is 5.82 Å². The van der Waals surface area contributed by atoms with Gasteiger partial charge < -0.3 is 23.3 Å². The van der Waals surface area contributed by atoms with Crippen molar-refractivity contribution in [2.75, 3.05) is 13.3 Å². The van der Waals surface area contributed by atoms with Gasteiger partial charge in [0, 0.05) is 42.2 Å². The Hall–Kier alpha value is -4.04. The first-order valence-electron chi connectivity index (χ1n) is 13.2. The molecule has 8 nitrogen and oxygen atoms in total. The molecule has 2 aromatic heterocycles. The van der Waals surface area contributed by atoms with E-state index in [4.69, 9.17) is 13.8 Å². The average Bonchev–Trinajstić information content (AvgIpc) is 3.33. The summed E-state index contributed by atoms with van der Waals surface area (Å²) in [6.07, 6.45) is 3.43. The lowest BCUT2D eigenvalue weighted by Crippen LogP contribution is -2.26. The Balaban J connectivity index is 1.27. The number of aromatic amines is 1. The van der Waals surface area contributed by atoms with Crippen LogP contribution in [0.15, 0.2) is 96.2 Å². The van der Waals surface area contributed by atoms with Crippen LogP contribution in [0.5, 0.6) is 5.75 Å². The van der Waals surface area contributed by atoms with E-state index in [0.717, 1.165) is 11.3 Å². The molecule has 10 heteroatoms. The first kappa shape index (κ1) is 28.5. The Morgan fingerprint density at radius 1 is 1.00 bits per heavy atom. The van der Waals surface area contributed by atoms with Gasteiger partial charge in [-0.05, 0) is 43.7 Å². The Labute approximate surface area is 237 Å². The summed E-state index contributed by atoms with van der Waals surface area (Å²) in [4.78, 5) is 19.7. The predicted molar refractivity (Wildman–Crippen MR) is 157 cm³/mol. The highest BCUT2D eigenvalue weighted by Crippen LogP contribution is 2.49. The number of nitrogens with one attached hydrogen (secondary N) is 1. The molecule has 0 aliphatic rings. The van der Waals surface area contributed by atoms with E-state index in [0.29, 0.717) is 28.8 Å². The van der Waals surface area contributed by atoms with Gasteiger partial charge in [0.15, 0.2) is 5.65 Å².